The third-order valence-corrected chi connectivity index (χ3v) is 7.22. The summed E-state index contributed by atoms with van der Waals surface area (Å²) in [5.74, 6) is -0.0548. The van der Waals surface area contributed by atoms with Gasteiger partial charge in [-0.25, -0.2) is 8.42 Å². The lowest BCUT2D eigenvalue weighted by Gasteiger charge is -2.31. The van der Waals surface area contributed by atoms with E-state index in [0.717, 1.165) is 16.8 Å². The molecule has 29 heavy (non-hydrogen) atoms. The Kier molecular flexibility index (Phi) is 6.00. The highest BCUT2D eigenvalue weighted by Crippen LogP contribution is 2.38. The first-order chi connectivity index (χ1) is 13.7. The predicted molar refractivity (Wildman–Crippen MR) is 115 cm³/mol. The lowest BCUT2D eigenvalue weighted by molar-refractivity contribution is -0.134. The van der Waals surface area contributed by atoms with E-state index in [9.17, 15) is 13.2 Å². The fourth-order valence-corrected chi connectivity index (χ4v) is 5.39. The maximum Gasteiger partial charge on any atom is 0.245 e. The summed E-state index contributed by atoms with van der Waals surface area (Å²) < 4.78 is 28.4. The van der Waals surface area contributed by atoms with E-state index in [-0.39, 0.29) is 23.4 Å². The van der Waals surface area contributed by atoms with E-state index in [1.165, 1.54) is 4.31 Å². The zero-order chi connectivity index (χ0) is 21.3. The molecule has 1 amide bonds. The first-order valence-corrected chi connectivity index (χ1v) is 11.3. The lowest BCUT2D eigenvalue weighted by Crippen LogP contribution is -2.39. The van der Waals surface area contributed by atoms with Gasteiger partial charge in [0.2, 0.25) is 15.9 Å². The molecular formula is C22H29N3O3S. The van der Waals surface area contributed by atoms with Gasteiger partial charge >= 0.3 is 0 Å². The van der Waals surface area contributed by atoms with Crippen LogP contribution >= 0.6 is 0 Å². The number of nitrogens with zero attached hydrogens (tertiary/aromatic N) is 3. The second-order valence-electron chi connectivity index (χ2n) is 7.75. The molecule has 3 rings (SSSR count). The Morgan fingerprint density at radius 2 is 1.66 bits per heavy atom. The lowest BCUT2D eigenvalue weighted by atomic mass is 10.1. The summed E-state index contributed by atoms with van der Waals surface area (Å²) >= 11 is 0. The molecule has 0 aliphatic carbocycles. The van der Waals surface area contributed by atoms with Gasteiger partial charge in [0.15, 0.2) is 0 Å². The smallest absolute Gasteiger partial charge is 0.245 e. The van der Waals surface area contributed by atoms with Crippen LogP contribution in [0.3, 0.4) is 0 Å². The van der Waals surface area contributed by atoms with Crippen molar-refractivity contribution in [2.24, 2.45) is 0 Å². The molecule has 2 aromatic carbocycles. The highest BCUT2D eigenvalue weighted by atomic mass is 32.2. The Hall–Kier alpha value is -2.38. The van der Waals surface area contributed by atoms with Gasteiger partial charge in [-0.3, -0.25) is 4.79 Å². The number of hydrogen-bond acceptors (Lipinski definition) is 4. The zero-order valence-electron chi connectivity index (χ0n) is 17.7. The molecule has 0 spiro atoms. The highest BCUT2D eigenvalue weighted by molar-refractivity contribution is 7.89. The first kappa shape index (κ1) is 21.3. The summed E-state index contributed by atoms with van der Waals surface area (Å²) in [6.07, 6.45) is -0.324. The van der Waals surface area contributed by atoms with E-state index >= 15 is 0 Å². The Morgan fingerprint density at radius 3 is 2.17 bits per heavy atom. The molecule has 6 nitrogen and oxygen atoms in total. The van der Waals surface area contributed by atoms with Gasteiger partial charge in [0.05, 0.1) is 4.90 Å². The van der Waals surface area contributed by atoms with Crippen LogP contribution in [0.1, 0.15) is 37.6 Å². The molecule has 1 aliphatic rings. The van der Waals surface area contributed by atoms with Gasteiger partial charge in [0, 0.05) is 38.8 Å². The van der Waals surface area contributed by atoms with Crippen molar-refractivity contribution in [3.8, 4) is 0 Å². The zero-order valence-corrected chi connectivity index (χ0v) is 18.5. The topological polar surface area (TPSA) is 60.9 Å². The summed E-state index contributed by atoms with van der Waals surface area (Å²) in [6, 6.07) is 14.4. The minimum absolute atomic E-state index is 0.0548. The average Bonchev–Trinajstić information content (AvgIpc) is 3.05. The molecule has 0 N–H and O–H groups in total. The molecule has 1 heterocycles. The second-order valence-corrected chi connectivity index (χ2v) is 9.64. The maximum atomic E-state index is 13.5. The fourth-order valence-electron chi connectivity index (χ4n) is 3.74. The van der Waals surface area contributed by atoms with E-state index in [1.807, 2.05) is 57.1 Å². The number of anilines is 1. The van der Waals surface area contributed by atoms with Crippen molar-refractivity contribution in [1.29, 1.82) is 0 Å². The van der Waals surface area contributed by atoms with Gasteiger partial charge < -0.3 is 9.80 Å². The van der Waals surface area contributed by atoms with Crippen LogP contribution in [0, 0.1) is 6.92 Å². The van der Waals surface area contributed by atoms with Gasteiger partial charge in [-0.05, 0) is 43.7 Å². The average molecular weight is 416 g/mol. The fraction of sp³-hybridized carbons (Fsp3) is 0.409. The van der Waals surface area contributed by atoms with Crippen LogP contribution in [0.4, 0.5) is 5.69 Å². The van der Waals surface area contributed by atoms with Crippen LogP contribution in [0.25, 0.3) is 0 Å². The molecule has 1 saturated heterocycles. The minimum Gasteiger partial charge on any atom is -0.378 e. The molecule has 0 radical (unpaired) electrons. The normalized spacial score (nSPS) is 20.1. The monoisotopic (exact) mass is 415 g/mol. The summed E-state index contributed by atoms with van der Waals surface area (Å²) in [7, 11) is 0.146. The van der Waals surface area contributed by atoms with Crippen molar-refractivity contribution < 1.29 is 13.2 Å². The first-order valence-electron chi connectivity index (χ1n) is 9.83. The van der Waals surface area contributed by atoms with Gasteiger partial charge in [-0.15, -0.1) is 0 Å². The standard InChI is InChI=1S/C22H29N3O3S/c1-6-21(26)25-17(3)15-24(29(27,28)20-13-7-16(2)8-14-20)22(25)18-9-11-19(12-10-18)23(4)5/h7-14,17,22H,6,15H2,1-5H3/t17-,22-/m1/s1. The summed E-state index contributed by atoms with van der Waals surface area (Å²) in [5.41, 5.74) is 2.80. The number of rotatable bonds is 5. The number of benzene rings is 2. The molecule has 156 valence electrons. The maximum absolute atomic E-state index is 13.5. The van der Waals surface area contributed by atoms with E-state index in [0.29, 0.717) is 6.42 Å². The number of carbonyl (C=O) groups excluding carboxylic acids is 1. The van der Waals surface area contributed by atoms with Crippen molar-refractivity contribution in [3.05, 3.63) is 59.7 Å². The Morgan fingerprint density at radius 1 is 1.07 bits per heavy atom. The Labute approximate surface area is 173 Å². The van der Waals surface area contributed by atoms with E-state index in [2.05, 4.69) is 0 Å². The van der Waals surface area contributed by atoms with Crippen molar-refractivity contribution in [2.75, 3.05) is 25.5 Å². The molecule has 0 bridgehead atoms. The van der Waals surface area contributed by atoms with Gasteiger partial charge in [0.1, 0.15) is 6.17 Å². The van der Waals surface area contributed by atoms with Crippen LogP contribution in [0.15, 0.2) is 53.4 Å². The number of carbonyl (C=O) groups is 1. The van der Waals surface area contributed by atoms with Crippen molar-refractivity contribution in [1.82, 2.24) is 9.21 Å². The molecule has 1 fully saturated rings. The third kappa shape index (κ3) is 4.02. The Bertz CT molecular complexity index is 969. The van der Waals surface area contributed by atoms with Gasteiger partial charge in [-0.2, -0.15) is 4.31 Å². The van der Waals surface area contributed by atoms with Crippen LogP contribution in [0.5, 0.6) is 0 Å². The van der Waals surface area contributed by atoms with Crippen LogP contribution in [-0.2, 0) is 14.8 Å². The molecule has 7 heteroatoms. The summed E-state index contributed by atoms with van der Waals surface area (Å²) in [6.45, 7) is 5.89. The van der Waals surface area contributed by atoms with Crippen molar-refractivity contribution in [2.45, 2.75) is 44.3 Å². The quantitative estimate of drug-likeness (QED) is 0.751. The SMILES string of the molecule is CCC(=O)N1[C@H](C)CN(S(=O)(=O)c2ccc(C)cc2)[C@H]1c1ccc(N(C)C)cc1. The molecular weight excluding hydrogens is 386 g/mol. The van der Waals surface area contributed by atoms with Crippen molar-refractivity contribution in [3.63, 3.8) is 0 Å². The predicted octanol–water partition coefficient (Wildman–Crippen LogP) is 3.39. The minimum atomic E-state index is -3.76. The number of hydrogen-bond donors (Lipinski definition) is 0. The molecule has 2 atom stereocenters. The van der Waals surface area contributed by atoms with E-state index < -0.39 is 16.2 Å². The molecule has 0 aromatic heterocycles. The summed E-state index contributed by atoms with van der Waals surface area (Å²) in [4.78, 5) is 16.7. The van der Waals surface area contributed by atoms with Gasteiger partial charge in [-0.1, -0.05) is 36.8 Å². The largest absolute Gasteiger partial charge is 0.378 e. The Balaban J connectivity index is 2.09. The molecule has 0 unspecified atom stereocenters. The van der Waals surface area contributed by atoms with Gasteiger partial charge in [0.25, 0.3) is 0 Å². The van der Waals surface area contributed by atoms with Crippen LogP contribution < -0.4 is 4.90 Å². The van der Waals surface area contributed by atoms with Crippen molar-refractivity contribution >= 4 is 21.6 Å². The second kappa shape index (κ2) is 8.16. The van der Waals surface area contributed by atoms with Crippen LogP contribution in [0.2, 0.25) is 0 Å². The highest BCUT2D eigenvalue weighted by Gasteiger charge is 2.46. The van der Waals surface area contributed by atoms with E-state index in [4.69, 9.17) is 0 Å². The van der Waals surface area contributed by atoms with E-state index in [1.54, 1.807) is 36.1 Å². The molecule has 0 saturated carbocycles. The molecule has 1 aliphatic heterocycles. The van der Waals surface area contributed by atoms with Crippen LogP contribution in [-0.4, -0.2) is 50.2 Å². The number of aryl methyl sites for hydroxylation is 1. The third-order valence-electron chi connectivity index (χ3n) is 5.38. The molecule has 2 aromatic rings. The number of sulfonamides is 1. The number of amides is 1. The summed E-state index contributed by atoms with van der Waals surface area (Å²) in [5, 5.41) is 0.